The van der Waals surface area contributed by atoms with Crippen LogP contribution in [0.25, 0.3) is 0 Å². The molecule has 6 heteroatoms. The van der Waals surface area contributed by atoms with Crippen molar-refractivity contribution in [3.8, 4) is 0 Å². The molecule has 0 aromatic heterocycles. The molecule has 0 saturated carbocycles. The molecular weight excluding hydrogens is 576 g/mol. The molecule has 1 atom stereocenters. The van der Waals surface area contributed by atoms with Crippen LogP contribution in [-0.2, 0) is 28.6 Å². The molecule has 0 heterocycles. The minimum Gasteiger partial charge on any atom is -0.462 e. The van der Waals surface area contributed by atoms with E-state index in [1.54, 1.807) is 0 Å². The standard InChI is InChI=1S/C40H76O6/c1-5-7-9-11-12-13-17-20-24-28-32-39(42)45-35-37(34-44-38(41)31-27-22-10-8-6-2)46-40(43)33-29-25-21-18-15-14-16-19-23-26-30-36(3)4/h36-37H,5-35H2,1-4H3/t37-/m1/s1. The average Bonchev–Trinajstić information content (AvgIpc) is 3.03. The van der Waals surface area contributed by atoms with Crippen molar-refractivity contribution in [1.82, 2.24) is 0 Å². The highest BCUT2D eigenvalue weighted by molar-refractivity contribution is 5.71. The van der Waals surface area contributed by atoms with Crippen molar-refractivity contribution in [2.24, 2.45) is 5.92 Å². The second kappa shape index (κ2) is 34.7. The molecule has 0 aliphatic rings. The maximum atomic E-state index is 12.6. The van der Waals surface area contributed by atoms with Gasteiger partial charge in [0.25, 0.3) is 0 Å². The fourth-order valence-corrected chi connectivity index (χ4v) is 5.74. The fourth-order valence-electron chi connectivity index (χ4n) is 5.74. The van der Waals surface area contributed by atoms with Gasteiger partial charge >= 0.3 is 17.9 Å². The van der Waals surface area contributed by atoms with Crippen molar-refractivity contribution in [3.05, 3.63) is 0 Å². The molecular formula is C40H76O6. The summed E-state index contributed by atoms with van der Waals surface area (Å²) in [5.74, 6) is -0.0619. The highest BCUT2D eigenvalue weighted by atomic mass is 16.6. The molecule has 0 aliphatic heterocycles. The van der Waals surface area contributed by atoms with Gasteiger partial charge in [0.1, 0.15) is 13.2 Å². The van der Waals surface area contributed by atoms with E-state index in [0.29, 0.717) is 19.3 Å². The third kappa shape index (κ3) is 33.8. The molecule has 0 amide bonds. The van der Waals surface area contributed by atoms with E-state index in [1.807, 2.05) is 0 Å². The molecule has 0 bridgehead atoms. The predicted octanol–water partition coefficient (Wildman–Crippen LogP) is 12.0. The van der Waals surface area contributed by atoms with E-state index in [4.69, 9.17) is 14.2 Å². The first kappa shape index (κ1) is 44.4. The van der Waals surface area contributed by atoms with Gasteiger partial charge in [-0.3, -0.25) is 14.4 Å². The van der Waals surface area contributed by atoms with E-state index in [-0.39, 0.29) is 31.1 Å². The normalized spacial score (nSPS) is 11.9. The maximum absolute atomic E-state index is 12.6. The summed E-state index contributed by atoms with van der Waals surface area (Å²) in [5.41, 5.74) is 0. The number of hydrogen-bond acceptors (Lipinski definition) is 6. The van der Waals surface area contributed by atoms with Crippen LogP contribution in [-0.4, -0.2) is 37.2 Å². The molecule has 0 radical (unpaired) electrons. The largest absolute Gasteiger partial charge is 0.462 e. The number of carbonyl (C=O) groups excluding carboxylic acids is 3. The predicted molar refractivity (Wildman–Crippen MR) is 192 cm³/mol. The number of carbonyl (C=O) groups is 3. The van der Waals surface area contributed by atoms with E-state index < -0.39 is 6.10 Å². The Bertz CT molecular complexity index is 691. The Morgan fingerprint density at radius 1 is 0.413 bits per heavy atom. The van der Waals surface area contributed by atoms with Crippen LogP contribution in [0.15, 0.2) is 0 Å². The van der Waals surface area contributed by atoms with E-state index >= 15 is 0 Å². The number of rotatable bonds is 35. The summed E-state index contributed by atoms with van der Waals surface area (Å²) in [4.78, 5) is 37.2. The van der Waals surface area contributed by atoms with Gasteiger partial charge in [0.15, 0.2) is 6.10 Å². The smallest absolute Gasteiger partial charge is 0.306 e. The number of unbranched alkanes of at least 4 members (excludes halogenated alkanes) is 22. The van der Waals surface area contributed by atoms with Gasteiger partial charge < -0.3 is 14.2 Å². The second-order valence-corrected chi connectivity index (χ2v) is 14.0. The first-order valence-electron chi connectivity index (χ1n) is 19.9. The van der Waals surface area contributed by atoms with Crippen molar-refractivity contribution in [3.63, 3.8) is 0 Å². The summed E-state index contributed by atoms with van der Waals surface area (Å²) in [7, 11) is 0. The van der Waals surface area contributed by atoms with Crippen molar-refractivity contribution >= 4 is 17.9 Å². The van der Waals surface area contributed by atoms with Gasteiger partial charge in [-0.1, -0.05) is 175 Å². The Morgan fingerprint density at radius 2 is 0.717 bits per heavy atom. The third-order valence-corrected chi connectivity index (χ3v) is 8.79. The molecule has 272 valence electrons. The van der Waals surface area contributed by atoms with Crippen LogP contribution >= 0.6 is 0 Å². The van der Waals surface area contributed by atoms with E-state index in [2.05, 4.69) is 27.7 Å². The monoisotopic (exact) mass is 653 g/mol. The highest BCUT2D eigenvalue weighted by Crippen LogP contribution is 2.15. The Balaban J connectivity index is 4.26. The summed E-state index contributed by atoms with van der Waals surface area (Å²) in [6.07, 6.45) is 31.1. The molecule has 0 unspecified atom stereocenters. The minimum absolute atomic E-state index is 0.0659. The first-order valence-corrected chi connectivity index (χ1v) is 19.9. The van der Waals surface area contributed by atoms with Crippen LogP contribution in [0.2, 0.25) is 0 Å². The SMILES string of the molecule is CCCCCCCCCCCCC(=O)OC[C@@H](COC(=O)CCCCCCC)OC(=O)CCCCCCCCCCCCC(C)C. The Morgan fingerprint density at radius 3 is 1.07 bits per heavy atom. The minimum atomic E-state index is -0.756. The quantitative estimate of drug-likeness (QED) is 0.0385. The van der Waals surface area contributed by atoms with E-state index in [0.717, 1.165) is 70.1 Å². The van der Waals surface area contributed by atoms with Crippen molar-refractivity contribution < 1.29 is 28.6 Å². The van der Waals surface area contributed by atoms with Gasteiger partial charge in [-0.05, 0) is 25.2 Å². The van der Waals surface area contributed by atoms with Crippen LogP contribution in [0.1, 0.15) is 214 Å². The van der Waals surface area contributed by atoms with Gasteiger partial charge in [0.05, 0.1) is 0 Å². The molecule has 0 N–H and O–H groups in total. The zero-order chi connectivity index (χ0) is 33.9. The summed E-state index contributed by atoms with van der Waals surface area (Å²) in [6.45, 7) is 8.86. The fraction of sp³-hybridized carbons (Fsp3) is 0.925. The Kier molecular flexibility index (Phi) is 33.5. The van der Waals surface area contributed by atoms with Crippen molar-refractivity contribution in [2.75, 3.05) is 13.2 Å². The lowest BCUT2D eigenvalue weighted by Gasteiger charge is -2.18. The topological polar surface area (TPSA) is 78.9 Å². The molecule has 0 fully saturated rings. The molecule has 6 nitrogen and oxygen atoms in total. The molecule has 46 heavy (non-hydrogen) atoms. The van der Waals surface area contributed by atoms with E-state index in [1.165, 1.54) is 103 Å². The van der Waals surface area contributed by atoms with Crippen molar-refractivity contribution in [2.45, 2.75) is 220 Å². The lowest BCUT2D eigenvalue weighted by molar-refractivity contribution is -0.167. The zero-order valence-corrected chi connectivity index (χ0v) is 31.0. The summed E-state index contributed by atoms with van der Waals surface area (Å²) in [5, 5.41) is 0. The van der Waals surface area contributed by atoms with Crippen LogP contribution in [0.3, 0.4) is 0 Å². The van der Waals surface area contributed by atoms with Gasteiger partial charge in [0.2, 0.25) is 0 Å². The van der Waals surface area contributed by atoms with Gasteiger partial charge in [0, 0.05) is 19.3 Å². The number of hydrogen-bond donors (Lipinski definition) is 0. The van der Waals surface area contributed by atoms with Crippen LogP contribution in [0, 0.1) is 5.92 Å². The van der Waals surface area contributed by atoms with Crippen LogP contribution in [0.4, 0.5) is 0 Å². The van der Waals surface area contributed by atoms with Gasteiger partial charge in [-0.15, -0.1) is 0 Å². The van der Waals surface area contributed by atoms with E-state index in [9.17, 15) is 14.4 Å². The summed E-state index contributed by atoms with van der Waals surface area (Å²) >= 11 is 0. The summed E-state index contributed by atoms with van der Waals surface area (Å²) < 4.78 is 16.5. The molecule has 0 saturated heterocycles. The maximum Gasteiger partial charge on any atom is 0.306 e. The molecule has 0 rings (SSSR count). The molecule has 0 aliphatic carbocycles. The lowest BCUT2D eigenvalue weighted by Crippen LogP contribution is -2.30. The van der Waals surface area contributed by atoms with Crippen LogP contribution in [0.5, 0.6) is 0 Å². The highest BCUT2D eigenvalue weighted by Gasteiger charge is 2.19. The third-order valence-electron chi connectivity index (χ3n) is 8.79. The first-order chi connectivity index (χ1) is 22.4. The summed E-state index contributed by atoms with van der Waals surface area (Å²) in [6, 6.07) is 0. The second-order valence-electron chi connectivity index (χ2n) is 14.0. The van der Waals surface area contributed by atoms with Gasteiger partial charge in [-0.2, -0.15) is 0 Å². The van der Waals surface area contributed by atoms with Crippen LogP contribution < -0.4 is 0 Å². The number of esters is 3. The molecule has 0 aromatic rings. The zero-order valence-electron chi connectivity index (χ0n) is 31.0. The number of ether oxygens (including phenoxy) is 3. The van der Waals surface area contributed by atoms with Gasteiger partial charge in [-0.25, -0.2) is 0 Å². The average molecular weight is 653 g/mol. The Hall–Kier alpha value is -1.59. The Labute approximate surface area is 285 Å². The molecule has 0 spiro atoms. The van der Waals surface area contributed by atoms with Crippen molar-refractivity contribution in [1.29, 1.82) is 0 Å². The lowest BCUT2D eigenvalue weighted by atomic mass is 10.0. The molecule has 0 aromatic carbocycles.